The van der Waals surface area contributed by atoms with Gasteiger partial charge in [0.2, 0.25) is 0 Å². The average molecular weight is 283 g/mol. The molecule has 0 aromatic heterocycles. The predicted molar refractivity (Wildman–Crippen MR) is 75.8 cm³/mol. The van der Waals surface area contributed by atoms with Crippen molar-refractivity contribution in [1.82, 2.24) is 5.32 Å². The standard InChI is InChI=1S/C16H23F2NO/c1-10(2)11-4-6-14(19-3)16(8-11)20-15-7-5-12(17)9-13(15)18/h5,7,9-11,14,16,19H,4,6,8H2,1-3H3. The van der Waals surface area contributed by atoms with Crippen LogP contribution in [0.2, 0.25) is 0 Å². The van der Waals surface area contributed by atoms with Gasteiger partial charge in [0.25, 0.3) is 0 Å². The summed E-state index contributed by atoms with van der Waals surface area (Å²) in [5, 5.41) is 3.24. The fourth-order valence-corrected chi connectivity index (χ4v) is 2.96. The van der Waals surface area contributed by atoms with E-state index < -0.39 is 11.6 Å². The molecule has 1 fully saturated rings. The van der Waals surface area contributed by atoms with Crippen molar-refractivity contribution in [2.24, 2.45) is 11.8 Å². The summed E-state index contributed by atoms with van der Waals surface area (Å²) in [5.74, 6) is 0.112. The number of hydrogen-bond donors (Lipinski definition) is 1. The van der Waals surface area contributed by atoms with Gasteiger partial charge in [0.05, 0.1) is 0 Å². The van der Waals surface area contributed by atoms with Crippen molar-refractivity contribution in [1.29, 1.82) is 0 Å². The third-order valence-electron chi connectivity index (χ3n) is 4.32. The normalized spacial score (nSPS) is 26.8. The number of halogens is 2. The Kier molecular flexibility index (Phi) is 4.97. The molecule has 3 unspecified atom stereocenters. The summed E-state index contributed by atoms with van der Waals surface area (Å²) >= 11 is 0. The summed E-state index contributed by atoms with van der Waals surface area (Å²) in [4.78, 5) is 0. The largest absolute Gasteiger partial charge is 0.486 e. The van der Waals surface area contributed by atoms with E-state index in [1.165, 1.54) is 12.1 Å². The maximum Gasteiger partial charge on any atom is 0.167 e. The van der Waals surface area contributed by atoms with Gasteiger partial charge in [0, 0.05) is 12.1 Å². The lowest BCUT2D eigenvalue weighted by Gasteiger charge is -2.37. The number of benzene rings is 1. The maximum absolute atomic E-state index is 13.7. The molecule has 0 saturated heterocycles. The van der Waals surface area contributed by atoms with E-state index in [9.17, 15) is 8.78 Å². The Bertz CT molecular complexity index is 450. The minimum Gasteiger partial charge on any atom is -0.486 e. The third kappa shape index (κ3) is 3.48. The molecule has 0 amide bonds. The van der Waals surface area contributed by atoms with Crippen LogP contribution in [0.15, 0.2) is 18.2 Å². The van der Waals surface area contributed by atoms with Gasteiger partial charge in [-0.3, -0.25) is 0 Å². The highest BCUT2D eigenvalue weighted by Crippen LogP contribution is 2.33. The Balaban J connectivity index is 2.11. The van der Waals surface area contributed by atoms with Crippen molar-refractivity contribution in [3.8, 4) is 5.75 Å². The molecule has 4 heteroatoms. The van der Waals surface area contributed by atoms with Gasteiger partial charge in [-0.05, 0) is 50.3 Å². The number of nitrogens with one attached hydrogen (secondary N) is 1. The number of ether oxygens (including phenoxy) is 1. The van der Waals surface area contributed by atoms with Gasteiger partial charge in [-0.2, -0.15) is 0 Å². The number of rotatable bonds is 4. The molecular weight excluding hydrogens is 260 g/mol. The fraction of sp³-hybridized carbons (Fsp3) is 0.625. The van der Waals surface area contributed by atoms with Gasteiger partial charge in [-0.25, -0.2) is 8.78 Å². The molecule has 1 aliphatic carbocycles. The molecule has 1 saturated carbocycles. The molecule has 0 heterocycles. The van der Waals surface area contributed by atoms with E-state index in [-0.39, 0.29) is 17.9 Å². The smallest absolute Gasteiger partial charge is 0.167 e. The Morgan fingerprint density at radius 1 is 1.25 bits per heavy atom. The molecule has 0 radical (unpaired) electrons. The highest BCUT2D eigenvalue weighted by molar-refractivity contribution is 5.25. The first-order valence-electron chi connectivity index (χ1n) is 7.30. The lowest BCUT2D eigenvalue weighted by molar-refractivity contribution is 0.0716. The Morgan fingerprint density at radius 3 is 2.60 bits per heavy atom. The second-order valence-electron chi connectivity index (χ2n) is 5.94. The molecule has 2 nitrogen and oxygen atoms in total. The van der Waals surface area contributed by atoms with E-state index in [1.807, 2.05) is 7.05 Å². The number of likely N-dealkylation sites (N-methyl/N-ethyl adjacent to an activating group) is 1. The molecule has 1 aromatic carbocycles. The lowest BCUT2D eigenvalue weighted by atomic mass is 9.78. The minimum atomic E-state index is -0.633. The van der Waals surface area contributed by atoms with Crippen molar-refractivity contribution in [2.45, 2.75) is 45.3 Å². The lowest BCUT2D eigenvalue weighted by Crippen LogP contribution is -2.46. The van der Waals surface area contributed by atoms with Gasteiger partial charge < -0.3 is 10.1 Å². The van der Waals surface area contributed by atoms with Gasteiger partial charge in [-0.1, -0.05) is 13.8 Å². The van der Waals surface area contributed by atoms with E-state index in [0.29, 0.717) is 11.8 Å². The highest BCUT2D eigenvalue weighted by atomic mass is 19.1. The van der Waals surface area contributed by atoms with Crippen LogP contribution in [0, 0.1) is 23.5 Å². The van der Waals surface area contributed by atoms with Crippen molar-refractivity contribution < 1.29 is 13.5 Å². The molecule has 0 aliphatic heterocycles. The van der Waals surface area contributed by atoms with Gasteiger partial charge >= 0.3 is 0 Å². The van der Waals surface area contributed by atoms with E-state index in [4.69, 9.17) is 4.74 Å². The molecule has 20 heavy (non-hydrogen) atoms. The molecular formula is C16H23F2NO. The van der Waals surface area contributed by atoms with Crippen LogP contribution < -0.4 is 10.1 Å². The SMILES string of the molecule is CNC1CCC(C(C)C)CC1Oc1ccc(F)cc1F. The van der Waals surface area contributed by atoms with Crippen LogP contribution in [0.3, 0.4) is 0 Å². The van der Waals surface area contributed by atoms with E-state index >= 15 is 0 Å². The van der Waals surface area contributed by atoms with Crippen LogP contribution in [-0.4, -0.2) is 19.2 Å². The van der Waals surface area contributed by atoms with Crippen LogP contribution >= 0.6 is 0 Å². The minimum absolute atomic E-state index is 0.0684. The zero-order valence-electron chi connectivity index (χ0n) is 12.3. The Morgan fingerprint density at radius 2 is 2.00 bits per heavy atom. The average Bonchev–Trinajstić information content (AvgIpc) is 2.41. The maximum atomic E-state index is 13.7. The topological polar surface area (TPSA) is 21.3 Å². The Hall–Kier alpha value is -1.16. The third-order valence-corrected chi connectivity index (χ3v) is 4.32. The van der Waals surface area contributed by atoms with Crippen LogP contribution in [0.4, 0.5) is 8.78 Å². The highest BCUT2D eigenvalue weighted by Gasteiger charge is 2.32. The molecule has 112 valence electrons. The summed E-state index contributed by atoms with van der Waals surface area (Å²) in [7, 11) is 1.90. The van der Waals surface area contributed by atoms with E-state index in [0.717, 1.165) is 25.3 Å². The zero-order valence-corrected chi connectivity index (χ0v) is 12.3. The summed E-state index contributed by atoms with van der Waals surface area (Å²) < 4.78 is 32.5. The molecule has 0 bridgehead atoms. The molecule has 1 N–H and O–H groups in total. The zero-order chi connectivity index (χ0) is 14.7. The van der Waals surface area contributed by atoms with Gasteiger partial charge in [-0.15, -0.1) is 0 Å². The molecule has 3 atom stereocenters. The molecule has 0 spiro atoms. The quantitative estimate of drug-likeness (QED) is 0.908. The summed E-state index contributed by atoms with van der Waals surface area (Å²) in [6.07, 6.45) is 3.02. The van der Waals surface area contributed by atoms with Gasteiger partial charge in [0.15, 0.2) is 11.6 Å². The molecule has 1 aliphatic rings. The number of hydrogen-bond acceptors (Lipinski definition) is 2. The summed E-state index contributed by atoms with van der Waals surface area (Å²) in [6, 6.07) is 3.69. The fourth-order valence-electron chi connectivity index (χ4n) is 2.96. The molecule has 1 aromatic rings. The Labute approximate surface area is 119 Å². The van der Waals surface area contributed by atoms with E-state index in [1.54, 1.807) is 0 Å². The predicted octanol–water partition coefficient (Wildman–Crippen LogP) is 3.76. The van der Waals surface area contributed by atoms with Crippen molar-refractivity contribution in [3.63, 3.8) is 0 Å². The monoisotopic (exact) mass is 283 g/mol. The van der Waals surface area contributed by atoms with E-state index in [2.05, 4.69) is 19.2 Å². The van der Waals surface area contributed by atoms with Crippen LogP contribution in [0.25, 0.3) is 0 Å². The first-order valence-corrected chi connectivity index (χ1v) is 7.30. The van der Waals surface area contributed by atoms with Crippen LogP contribution in [0.1, 0.15) is 33.1 Å². The van der Waals surface area contributed by atoms with Crippen molar-refractivity contribution in [2.75, 3.05) is 7.05 Å². The summed E-state index contributed by atoms with van der Waals surface area (Å²) in [5.41, 5.74) is 0. The second kappa shape index (κ2) is 6.53. The van der Waals surface area contributed by atoms with Crippen molar-refractivity contribution in [3.05, 3.63) is 29.8 Å². The first-order chi connectivity index (χ1) is 9.51. The van der Waals surface area contributed by atoms with Crippen molar-refractivity contribution >= 4 is 0 Å². The van der Waals surface area contributed by atoms with Crippen LogP contribution in [-0.2, 0) is 0 Å². The first kappa shape index (κ1) is 15.2. The van der Waals surface area contributed by atoms with Crippen LogP contribution in [0.5, 0.6) is 5.75 Å². The van der Waals surface area contributed by atoms with Gasteiger partial charge in [0.1, 0.15) is 11.9 Å². The summed E-state index contributed by atoms with van der Waals surface area (Å²) in [6.45, 7) is 4.42. The molecule has 2 rings (SSSR count). The second-order valence-corrected chi connectivity index (χ2v) is 5.94.